The Morgan fingerprint density at radius 1 is 0.333 bits per heavy atom. The van der Waals surface area contributed by atoms with E-state index in [4.69, 9.17) is 0 Å². The van der Waals surface area contributed by atoms with Crippen LogP contribution in [0.25, 0.3) is 55.0 Å². The van der Waals surface area contributed by atoms with Crippen molar-refractivity contribution in [1.29, 1.82) is 0 Å². The second-order valence-electron chi connectivity index (χ2n) is 10.2. The molecule has 0 aliphatic carbocycles. The van der Waals surface area contributed by atoms with Crippen molar-refractivity contribution in [2.45, 2.75) is 0 Å². The van der Waals surface area contributed by atoms with E-state index in [0.29, 0.717) is 0 Å². The third kappa shape index (κ3) is 2.71. The topological polar surface area (TPSA) is 13.1 Å². The van der Waals surface area contributed by atoms with E-state index in [9.17, 15) is 0 Å². The van der Waals surface area contributed by atoms with Crippen molar-refractivity contribution in [2.24, 2.45) is 0 Å². The zero-order chi connectivity index (χ0) is 25.5. The molecule has 1 aliphatic rings. The van der Waals surface area contributed by atoms with E-state index in [1.165, 1.54) is 60.7 Å². The van der Waals surface area contributed by atoms with Gasteiger partial charge in [-0.15, -0.1) is 0 Å². The fourth-order valence-corrected chi connectivity index (χ4v) is 6.64. The van der Waals surface area contributed by atoms with Gasteiger partial charge in [-0.3, -0.25) is 0 Å². The maximum absolute atomic E-state index is 2.45. The van der Waals surface area contributed by atoms with Crippen LogP contribution in [0, 0.1) is 0 Å². The SMILES string of the molecule is c1ccc(N2c3ccccc3-n3c4ccccc4c4cc(-n5c6ccccc6c6ccccc65)cc2c43)cc1. The summed E-state index contributed by atoms with van der Waals surface area (Å²) in [5.74, 6) is 0. The van der Waals surface area contributed by atoms with Crippen LogP contribution in [0.4, 0.5) is 17.1 Å². The van der Waals surface area contributed by atoms with Crippen LogP contribution in [-0.2, 0) is 0 Å². The molecule has 9 rings (SSSR count). The summed E-state index contributed by atoms with van der Waals surface area (Å²) < 4.78 is 4.88. The standard InChI is InChI=1S/C36H23N3/c1-2-12-24(13-3-1)37-33-20-10-11-21-34(33)39-32-19-9-6-16-28(32)29-22-25(23-35(37)36(29)39)38-30-17-7-4-14-26(30)27-15-5-8-18-31(27)38/h1-23H. The van der Waals surface area contributed by atoms with Crippen LogP contribution in [0.15, 0.2) is 140 Å². The van der Waals surface area contributed by atoms with Crippen molar-refractivity contribution in [3.05, 3.63) is 140 Å². The molecule has 6 aromatic carbocycles. The highest BCUT2D eigenvalue weighted by atomic mass is 15.2. The maximum atomic E-state index is 2.45. The first-order valence-corrected chi connectivity index (χ1v) is 13.4. The molecule has 0 fully saturated rings. The quantitative estimate of drug-likeness (QED) is 0.232. The third-order valence-electron chi connectivity index (χ3n) is 8.19. The fraction of sp³-hybridized carbons (Fsp3) is 0. The van der Waals surface area contributed by atoms with Crippen molar-refractivity contribution in [2.75, 3.05) is 4.90 Å². The highest BCUT2D eigenvalue weighted by molar-refractivity contribution is 6.18. The molecular weight excluding hydrogens is 474 g/mol. The lowest BCUT2D eigenvalue weighted by Crippen LogP contribution is -2.18. The monoisotopic (exact) mass is 497 g/mol. The predicted molar refractivity (Wildman–Crippen MR) is 163 cm³/mol. The molecule has 39 heavy (non-hydrogen) atoms. The summed E-state index contributed by atoms with van der Waals surface area (Å²) >= 11 is 0. The smallest absolute Gasteiger partial charge is 0.0784 e. The molecule has 3 heteroatoms. The van der Waals surface area contributed by atoms with Crippen LogP contribution in [0.3, 0.4) is 0 Å². The molecular formula is C36H23N3. The van der Waals surface area contributed by atoms with Gasteiger partial charge < -0.3 is 14.0 Å². The lowest BCUT2D eigenvalue weighted by atomic mass is 10.1. The van der Waals surface area contributed by atoms with Gasteiger partial charge >= 0.3 is 0 Å². The number of rotatable bonds is 2. The average Bonchev–Trinajstić information content (AvgIpc) is 3.52. The number of aromatic nitrogens is 2. The fourth-order valence-electron chi connectivity index (χ4n) is 6.64. The van der Waals surface area contributed by atoms with Gasteiger partial charge in [-0.1, -0.05) is 84.9 Å². The summed E-state index contributed by atoms with van der Waals surface area (Å²) in [5.41, 5.74) is 10.8. The molecule has 0 amide bonds. The van der Waals surface area contributed by atoms with Crippen molar-refractivity contribution < 1.29 is 0 Å². The Labute approximate surface area is 225 Å². The van der Waals surface area contributed by atoms with Crippen molar-refractivity contribution in [3.63, 3.8) is 0 Å². The first kappa shape index (κ1) is 20.7. The van der Waals surface area contributed by atoms with Gasteiger partial charge in [0.25, 0.3) is 0 Å². The van der Waals surface area contributed by atoms with Gasteiger partial charge in [0, 0.05) is 32.9 Å². The van der Waals surface area contributed by atoms with Gasteiger partial charge in [0.2, 0.25) is 0 Å². The van der Waals surface area contributed by atoms with Gasteiger partial charge in [-0.25, -0.2) is 0 Å². The van der Waals surface area contributed by atoms with E-state index in [2.05, 4.69) is 154 Å². The molecule has 3 heterocycles. The summed E-state index contributed by atoms with van der Waals surface area (Å²) in [6.07, 6.45) is 0. The summed E-state index contributed by atoms with van der Waals surface area (Å²) in [5, 5.41) is 5.07. The zero-order valence-corrected chi connectivity index (χ0v) is 21.1. The number of fused-ring (bicyclic) bond motifs is 8. The van der Waals surface area contributed by atoms with E-state index >= 15 is 0 Å². The molecule has 0 atom stereocenters. The minimum absolute atomic E-state index is 1.15. The lowest BCUT2D eigenvalue weighted by Gasteiger charge is -2.33. The van der Waals surface area contributed by atoms with Crippen molar-refractivity contribution >= 4 is 60.7 Å². The Morgan fingerprint density at radius 2 is 0.846 bits per heavy atom. The Bertz CT molecular complexity index is 2180. The van der Waals surface area contributed by atoms with Gasteiger partial charge in [-0.05, 0) is 54.6 Å². The first-order chi connectivity index (χ1) is 19.4. The summed E-state index contributed by atoms with van der Waals surface area (Å²) in [6, 6.07) is 50.5. The number of nitrogens with zero attached hydrogens (tertiary/aromatic N) is 3. The van der Waals surface area contributed by atoms with Crippen LogP contribution in [0.2, 0.25) is 0 Å². The van der Waals surface area contributed by atoms with E-state index in [0.717, 1.165) is 11.4 Å². The lowest BCUT2D eigenvalue weighted by molar-refractivity contribution is 1.10. The summed E-state index contributed by atoms with van der Waals surface area (Å²) in [7, 11) is 0. The maximum Gasteiger partial charge on any atom is 0.0784 e. The largest absolute Gasteiger partial charge is 0.309 e. The van der Waals surface area contributed by atoms with E-state index in [1.807, 2.05) is 0 Å². The van der Waals surface area contributed by atoms with Crippen LogP contribution in [0.5, 0.6) is 0 Å². The number of para-hydroxylation sites is 6. The Kier molecular flexibility index (Phi) is 4.05. The molecule has 182 valence electrons. The predicted octanol–water partition coefficient (Wildman–Crippen LogP) is 9.66. The van der Waals surface area contributed by atoms with E-state index < -0.39 is 0 Å². The zero-order valence-electron chi connectivity index (χ0n) is 21.1. The van der Waals surface area contributed by atoms with Gasteiger partial charge in [-0.2, -0.15) is 0 Å². The van der Waals surface area contributed by atoms with Crippen LogP contribution < -0.4 is 4.90 Å². The Hall–Kier alpha value is -5.28. The highest BCUT2D eigenvalue weighted by Crippen LogP contribution is 2.50. The molecule has 0 N–H and O–H groups in total. The summed E-state index contributed by atoms with van der Waals surface area (Å²) in [6.45, 7) is 0. The van der Waals surface area contributed by atoms with Gasteiger partial charge in [0.05, 0.1) is 39.1 Å². The average molecular weight is 498 g/mol. The molecule has 8 aromatic rings. The Balaban J connectivity index is 1.49. The first-order valence-electron chi connectivity index (χ1n) is 13.4. The second kappa shape index (κ2) is 7.62. The van der Waals surface area contributed by atoms with Crippen molar-refractivity contribution in [3.8, 4) is 11.4 Å². The van der Waals surface area contributed by atoms with Crippen LogP contribution >= 0.6 is 0 Å². The number of hydrogen-bond acceptors (Lipinski definition) is 1. The third-order valence-corrected chi connectivity index (χ3v) is 8.19. The van der Waals surface area contributed by atoms with Gasteiger partial charge in [0.15, 0.2) is 0 Å². The second-order valence-corrected chi connectivity index (χ2v) is 10.2. The summed E-state index contributed by atoms with van der Waals surface area (Å²) in [4.78, 5) is 2.42. The van der Waals surface area contributed by atoms with E-state index in [1.54, 1.807) is 0 Å². The highest BCUT2D eigenvalue weighted by Gasteiger charge is 2.29. The molecule has 1 aliphatic heterocycles. The Morgan fingerprint density at radius 3 is 1.51 bits per heavy atom. The number of hydrogen-bond donors (Lipinski definition) is 0. The van der Waals surface area contributed by atoms with Crippen molar-refractivity contribution in [1.82, 2.24) is 9.13 Å². The van der Waals surface area contributed by atoms with Gasteiger partial charge in [0.1, 0.15) is 0 Å². The van der Waals surface area contributed by atoms with Crippen LogP contribution in [0.1, 0.15) is 0 Å². The molecule has 2 aromatic heterocycles. The molecule has 0 saturated heterocycles. The number of benzene rings is 6. The van der Waals surface area contributed by atoms with Crippen LogP contribution in [-0.4, -0.2) is 9.13 Å². The molecule has 0 unspecified atom stereocenters. The molecule has 3 nitrogen and oxygen atoms in total. The molecule has 0 spiro atoms. The minimum Gasteiger partial charge on any atom is -0.309 e. The molecule has 0 saturated carbocycles. The number of anilines is 3. The van der Waals surface area contributed by atoms with E-state index in [-0.39, 0.29) is 0 Å². The molecule has 0 radical (unpaired) electrons. The molecule has 0 bridgehead atoms. The minimum atomic E-state index is 1.15. The normalized spacial score (nSPS) is 12.6.